The maximum atomic E-state index is 12.1. The predicted molar refractivity (Wildman–Crippen MR) is 182 cm³/mol. The first-order valence-electron chi connectivity index (χ1n) is 14.2. The lowest BCUT2D eigenvalue weighted by atomic mass is 10.3. The SMILES string of the molecule is CC(C)n1sc2nc3ccccc3n2c1=O.CCn1sc2nc3ccccc3n2c1=O.Cn1sc2nc3ccccc3n2c1=O. The van der Waals surface area contributed by atoms with Gasteiger partial charge in [0, 0.05) is 19.6 Å². The Kier molecular flexibility index (Phi) is 7.22. The first-order valence-corrected chi connectivity index (χ1v) is 16.5. The van der Waals surface area contributed by atoms with Crippen LogP contribution >= 0.6 is 34.6 Å². The van der Waals surface area contributed by atoms with Crippen LogP contribution < -0.4 is 17.1 Å². The van der Waals surface area contributed by atoms with Crippen molar-refractivity contribution in [3.8, 4) is 0 Å². The van der Waals surface area contributed by atoms with Crippen molar-refractivity contribution in [2.45, 2.75) is 33.4 Å². The van der Waals surface area contributed by atoms with Crippen LogP contribution in [0.2, 0.25) is 0 Å². The Morgan fingerprint density at radius 1 is 0.600 bits per heavy atom. The fraction of sp³-hybridized carbons (Fsp3) is 0.200. The van der Waals surface area contributed by atoms with Gasteiger partial charge in [-0.2, -0.15) is 0 Å². The van der Waals surface area contributed by atoms with Gasteiger partial charge in [0.05, 0.1) is 33.1 Å². The third-order valence-electron chi connectivity index (χ3n) is 7.18. The summed E-state index contributed by atoms with van der Waals surface area (Å²) < 4.78 is 10.0. The van der Waals surface area contributed by atoms with Crippen molar-refractivity contribution >= 4 is 82.6 Å². The minimum Gasteiger partial charge on any atom is -0.249 e. The molecule has 45 heavy (non-hydrogen) atoms. The van der Waals surface area contributed by atoms with Gasteiger partial charge in [-0.15, -0.1) is 0 Å². The predicted octanol–water partition coefficient (Wildman–Crippen LogP) is 5.27. The Hall–Kier alpha value is -4.86. The maximum absolute atomic E-state index is 12.1. The molecular weight excluding hydrogens is 631 g/mol. The van der Waals surface area contributed by atoms with Gasteiger partial charge >= 0.3 is 17.1 Å². The topological polar surface area (TPSA) is 118 Å². The van der Waals surface area contributed by atoms with Gasteiger partial charge < -0.3 is 0 Å². The maximum Gasteiger partial charge on any atom is 0.344 e. The molecule has 9 aromatic rings. The monoisotopic (exact) mass is 657 g/mol. The van der Waals surface area contributed by atoms with Crippen molar-refractivity contribution in [1.82, 2.24) is 40.0 Å². The zero-order valence-electron chi connectivity index (χ0n) is 24.7. The van der Waals surface area contributed by atoms with E-state index in [9.17, 15) is 14.4 Å². The van der Waals surface area contributed by atoms with E-state index in [0.717, 1.165) is 48.0 Å². The smallest absolute Gasteiger partial charge is 0.249 e. The Morgan fingerprint density at radius 2 is 1.02 bits per heavy atom. The average Bonchev–Trinajstić information content (AvgIpc) is 3.85. The number of aryl methyl sites for hydroxylation is 2. The molecule has 6 aromatic heterocycles. The Morgan fingerprint density at radius 3 is 1.51 bits per heavy atom. The lowest BCUT2D eigenvalue weighted by molar-refractivity contribution is 0.619. The van der Waals surface area contributed by atoms with Crippen molar-refractivity contribution in [3.05, 3.63) is 104 Å². The minimum absolute atomic E-state index is 0.00343. The van der Waals surface area contributed by atoms with Crippen LogP contribution in [-0.4, -0.2) is 40.0 Å². The van der Waals surface area contributed by atoms with E-state index in [0.29, 0.717) is 6.54 Å². The molecule has 0 bridgehead atoms. The van der Waals surface area contributed by atoms with Gasteiger partial charge in [0.15, 0.2) is 0 Å². The number of imidazole rings is 3. The van der Waals surface area contributed by atoms with Gasteiger partial charge in [-0.05, 0) is 91.8 Å². The molecule has 6 heterocycles. The Balaban J connectivity index is 0.000000109. The molecule has 0 fully saturated rings. The molecule has 0 unspecified atom stereocenters. The number of hydrogen-bond donors (Lipinski definition) is 0. The lowest BCUT2D eigenvalue weighted by Gasteiger charge is -2.00. The van der Waals surface area contributed by atoms with Crippen LogP contribution in [0.1, 0.15) is 26.8 Å². The van der Waals surface area contributed by atoms with Gasteiger partial charge in [0.1, 0.15) is 0 Å². The van der Waals surface area contributed by atoms with Crippen molar-refractivity contribution in [3.63, 3.8) is 0 Å². The van der Waals surface area contributed by atoms with E-state index in [1.54, 1.807) is 32.1 Å². The third kappa shape index (κ3) is 4.79. The molecule has 0 aliphatic rings. The van der Waals surface area contributed by atoms with Crippen molar-refractivity contribution in [1.29, 1.82) is 0 Å². The highest BCUT2D eigenvalue weighted by molar-refractivity contribution is 7.12. The highest BCUT2D eigenvalue weighted by Crippen LogP contribution is 2.20. The van der Waals surface area contributed by atoms with Gasteiger partial charge in [-0.1, -0.05) is 36.4 Å². The van der Waals surface area contributed by atoms with E-state index in [4.69, 9.17) is 0 Å². The molecule has 0 saturated heterocycles. The molecular formula is C30H27N9O3S3. The quantitative estimate of drug-likeness (QED) is 0.250. The number of hydrogen-bond acceptors (Lipinski definition) is 9. The van der Waals surface area contributed by atoms with Crippen molar-refractivity contribution in [2.24, 2.45) is 7.05 Å². The number of aromatic nitrogens is 9. The third-order valence-corrected chi connectivity index (χ3v) is 10.3. The molecule has 12 nitrogen and oxygen atoms in total. The molecule has 0 aliphatic heterocycles. The molecule has 3 aromatic carbocycles. The summed E-state index contributed by atoms with van der Waals surface area (Å²) in [5.41, 5.74) is 5.26. The number of nitrogens with zero attached hydrogens (tertiary/aromatic N) is 9. The van der Waals surface area contributed by atoms with Crippen LogP contribution in [0.5, 0.6) is 0 Å². The summed E-state index contributed by atoms with van der Waals surface area (Å²) >= 11 is 4.18. The minimum atomic E-state index is -0.0290. The normalized spacial score (nSPS) is 11.7. The zero-order chi connectivity index (χ0) is 31.4. The highest BCUT2D eigenvalue weighted by atomic mass is 32.1. The number of para-hydroxylation sites is 6. The van der Waals surface area contributed by atoms with E-state index in [2.05, 4.69) is 15.0 Å². The van der Waals surface area contributed by atoms with Gasteiger partial charge in [0.2, 0.25) is 14.9 Å². The first-order chi connectivity index (χ1) is 21.8. The summed E-state index contributed by atoms with van der Waals surface area (Å²) in [6.45, 7) is 6.65. The molecule has 15 heteroatoms. The van der Waals surface area contributed by atoms with E-state index < -0.39 is 0 Å². The van der Waals surface area contributed by atoms with E-state index in [1.165, 1.54) is 34.6 Å². The molecule has 0 N–H and O–H groups in total. The standard InChI is InChI=1S/C11H11N3OS.C10H9N3OS.C9H7N3OS/c1-7(2)14-11(15)13-9-6-4-3-5-8(9)12-10(13)16-14;1-2-12-10(14)13-8-6-4-3-5-7(8)11-9(13)15-12;1-11-9(13)12-7-5-3-2-4-6(7)10-8(12)14-11/h3-7H,1-2H3;3-6H,2H2,1H3;2-5H,1H3. The summed E-state index contributed by atoms with van der Waals surface area (Å²) in [4.78, 5) is 51.3. The summed E-state index contributed by atoms with van der Waals surface area (Å²) in [5, 5.41) is 0. The molecule has 0 radical (unpaired) electrons. The number of fused-ring (bicyclic) bond motifs is 9. The highest BCUT2D eigenvalue weighted by Gasteiger charge is 2.14. The Bertz CT molecular complexity index is 2670. The summed E-state index contributed by atoms with van der Waals surface area (Å²) in [6.07, 6.45) is 0. The van der Waals surface area contributed by atoms with Crippen molar-refractivity contribution < 1.29 is 0 Å². The molecule has 0 saturated carbocycles. The van der Waals surface area contributed by atoms with Gasteiger partial charge in [-0.3, -0.25) is 0 Å². The largest absolute Gasteiger partial charge is 0.344 e. The second kappa shape index (κ2) is 11.3. The fourth-order valence-corrected chi connectivity index (χ4v) is 7.68. The molecule has 0 aliphatic carbocycles. The van der Waals surface area contributed by atoms with Crippen LogP contribution in [0.15, 0.2) is 87.2 Å². The first kappa shape index (κ1) is 28.9. The molecule has 228 valence electrons. The fourth-order valence-electron chi connectivity index (χ4n) is 5.05. The van der Waals surface area contributed by atoms with Gasteiger partial charge in [-0.25, -0.2) is 54.4 Å². The molecule has 0 spiro atoms. The van der Waals surface area contributed by atoms with Crippen molar-refractivity contribution in [2.75, 3.05) is 0 Å². The molecule has 0 atom stereocenters. The van der Waals surface area contributed by atoms with Crippen LogP contribution in [0, 0.1) is 0 Å². The molecule has 9 rings (SSSR count). The van der Waals surface area contributed by atoms with Crippen LogP contribution in [0.4, 0.5) is 0 Å². The Labute approximate surface area is 266 Å². The van der Waals surface area contributed by atoms with E-state index in [1.807, 2.05) is 93.6 Å². The zero-order valence-corrected chi connectivity index (χ0v) is 27.1. The van der Waals surface area contributed by atoms with Crippen LogP contribution in [0.3, 0.4) is 0 Å². The molecule has 0 amide bonds. The van der Waals surface area contributed by atoms with Crippen LogP contribution in [-0.2, 0) is 13.6 Å². The number of benzene rings is 3. The number of rotatable bonds is 2. The van der Waals surface area contributed by atoms with Gasteiger partial charge in [0.25, 0.3) is 0 Å². The lowest BCUT2D eigenvalue weighted by Crippen LogP contribution is -2.20. The summed E-state index contributed by atoms with van der Waals surface area (Å²) in [5.74, 6) is 0. The second-order valence-electron chi connectivity index (χ2n) is 10.4. The summed E-state index contributed by atoms with van der Waals surface area (Å²) in [6, 6.07) is 23.2. The van der Waals surface area contributed by atoms with E-state index >= 15 is 0 Å². The van der Waals surface area contributed by atoms with E-state index in [-0.39, 0.29) is 23.1 Å². The summed E-state index contributed by atoms with van der Waals surface area (Å²) in [7, 11) is 1.75. The second-order valence-corrected chi connectivity index (χ2v) is 13.4. The van der Waals surface area contributed by atoms with Crippen LogP contribution in [0.25, 0.3) is 48.0 Å². The average molecular weight is 658 g/mol.